The van der Waals surface area contributed by atoms with E-state index in [1.165, 1.54) is 0 Å². The van der Waals surface area contributed by atoms with Crippen molar-refractivity contribution in [2.24, 2.45) is 5.41 Å². The molecular weight excluding hydrogens is 252 g/mol. The number of benzene rings is 1. The minimum atomic E-state index is -0.203. The van der Waals surface area contributed by atoms with Crippen LogP contribution >= 0.6 is 0 Å². The van der Waals surface area contributed by atoms with Crippen molar-refractivity contribution in [1.29, 1.82) is 0 Å². The Morgan fingerprint density at radius 1 is 1.30 bits per heavy atom. The van der Waals surface area contributed by atoms with Crippen LogP contribution in [0.4, 0.5) is 0 Å². The Labute approximate surface area is 119 Å². The van der Waals surface area contributed by atoms with E-state index < -0.39 is 0 Å². The number of likely N-dealkylation sites (tertiary alicyclic amines) is 1. The number of hydrogen-bond acceptors (Lipinski definition) is 2. The average molecular weight is 272 g/mol. The summed E-state index contributed by atoms with van der Waals surface area (Å²) in [7, 11) is 1.81. The van der Waals surface area contributed by atoms with Crippen LogP contribution in [0.2, 0.25) is 0 Å². The van der Waals surface area contributed by atoms with Gasteiger partial charge in [-0.1, -0.05) is 37.3 Å². The summed E-state index contributed by atoms with van der Waals surface area (Å²) in [6.07, 6.45) is 2.29. The van der Waals surface area contributed by atoms with Gasteiger partial charge in [-0.3, -0.25) is 9.59 Å². The normalized spacial score (nSPS) is 27.5. The SMILES string of the molecule is CN1C(=O)C[C@H](NC(=O)C2(C)CC2)C1c1ccccc1. The van der Waals surface area contributed by atoms with E-state index >= 15 is 0 Å². The third kappa shape index (κ3) is 2.19. The second kappa shape index (κ2) is 4.62. The molecule has 4 nitrogen and oxygen atoms in total. The smallest absolute Gasteiger partial charge is 0.226 e. The third-order valence-corrected chi connectivity index (χ3v) is 4.59. The molecule has 20 heavy (non-hydrogen) atoms. The van der Waals surface area contributed by atoms with Crippen molar-refractivity contribution in [1.82, 2.24) is 10.2 Å². The van der Waals surface area contributed by atoms with E-state index in [-0.39, 0.29) is 29.3 Å². The van der Waals surface area contributed by atoms with Crippen LogP contribution in [0.5, 0.6) is 0 Å². The van der Waals surface area contributed by atoms with E-state index in [2.05, 4.69) is 5.32 Å². The zero-order valence-electron chi connectivity index (χ0n) is 11.9. The molecule has 106 valence electrons. The number of hydrogen-bond donors (Lipinski definition) is 1. The molecule has 3 rings (SSSR count). The zero-order valence-corrected chi connectivity index (χ0v) is 11.9. The highest BCUT2D eigenvalue weighted by atomic mass is 16.2. The number of amides is 2. The van der Waals surface area contributed by atoms with E-state index in [1.807, 2.05) is 44.3 Å². The van der Waals surface area contributed by atoms with Gasteiger partial charge in [-0.15, -0.1) is 0 Å². The highest BCUT2D eigenvalue weighted by molar-refractivity contribution is 5.87. The molecule has 1 heterocycles. The topological polar surface area (TPSA) is 49.4 Å². The molecule has 1 aromatic rings. The van der Waals surface area contributed by atoms with E-state index in [0.29, 0.717) is 6.42 Å². The lowest BCUT2D eigenvalue weighted by atomic mass is 9.99. The number of carbonyl (C=O) groups is 2. The van der Waals surface area contributed by atoms with Crippen LogP contribution < -0.4 is 5.32 Å². The average Bonchev–Trinajstić information content (AvgIpc) is 3.12. The van der Waals surface area contributed by atoms with Crippen molar-refractivity contribution < 1.29 is 9.59 Å². The second-order valence-electron chi connectivity index (χ2n) is 6.20. The van der Waals surface area contributed by atoms with Gasteiger partial charge in [0.05, 0.1) is 12.1 Å². The van der Waals surface area contributed by atoms with Crippen molar-refractivity contribution in [3.8, 4) is 0 Å². The number of nitrogens with one attached hydrogen (secondary N) is 1. The Hall–Kier alpha value is -1.84. The number of nitrogens with zero attached hydrogens (tertiary/aromatic N) is 1. The van der Waals surface area contributed by atoms with Gasteiger partial charge in [-0.25, -0.2) is 0 Å². The molecule has 0 spiro atoms. The van der Waals surface area contributed by atoms with Gasteiger partial charge in [0.25, 0.3) is 0 Å². The molecule has 1 unspecified atom stereocenters. The molecule has 0 bridgehead atoms. The molecule has 4 heteroatoms. The Morgan fingerprint density at radius 3 is 2.55 bits per heavy atom. The first-order chi connectivity index (χ1) is 9.51. The van der Waals surface area contributed by atoms with Gasteiger partial charge in [0, 0.05) is 18.9 Å². The van der Waals surface area contributed by atoms with Gasteiger partial charge in [0.15, 0.2) is 0 Å². The van der Waals surface area contributed by atoms with Crippen molar-refractivity contribution in [3.63, 3.8) is 0 Å². The lowest BCUT2D eigenvalue weighted by Gasteiger charge is -2.26. The first-order valence-electron chi connectivity index (χ1n) is 7.13. The first kappa shape index (κ1) is 13.2. The summed E-state index contributed by atoms with van der Waals surface area (Å²) < 4.78 is 0. The Bertz CT molecular complexity index is 537. The third-order valence-electron chi connectivity index (χ3n) is 4.59. The Kier molecular flexibility index (Phi) is 3.04. The number of carbonyl (C=O) groups excluding carboxylic acids is 2. The molecule has 1 saturated carbocycles. The maximum atomic E-state index is 12.2. The monoisotopic (exact) mass is 272 g/mol. The molecule has 0 aromatic heterocycles. The highest BCUT2D eigenvalue weighted by Gasteiger charge is 2.47. The van der Waals surface area contributed by atoms with Gasteiger partial charge >= 0.3 is 0 Å². The van der Waals surface area contributed by atoms with Crippen molar-refractivity contribution >= 4 is 11.8 Å². The number of likely N-dealkylation sites (N-methyl/N-ethyl adjacent to an activating group) is 1. The summed E-state index contributed by atoms with van der Waals surface area (Å²) in [6, 6.07) is 9.73. The number of rotatable bonds is 3. The van der Waals surface area contributed by atoms with Crippen LogP contribution in [0, 0.1) is 5.41 Å². The second-order valence-corrected chi connectivity index (χ2v) is 6.20. The fourth-order valence-corrected chi connectivity index (χ4v) is 2.86. The molecule has 2 atom stereocenters. The minimum absolute atomic E-state index is 0.0602. The Balaban J connectivity index is 1.81. The lowest BCUT2D eigenvalue weighted by Crippen LogP contribution is -2.42. The standard InChI is InChI=1S/C16H20N2O2/c1-16(8-9-16)15(20)17-12-10-13(19)18(2)14(12)11-6-4-3-5-7-11/h3-7,12,14H,8-10H2,1-2H3,(H,17,20)/t12-,14?/m0/s1. The summed E-state index contributed by atoms with van der Waals surface area (Å²) in [5.41, 5.74) is 0.873. The predicted molar refractivity (Wildman–Crippen MR) is 75.8 cm³/mol. The summed E-state index contributed by atoms with van der Waals surface area (Å²) >= 11 is 0. The van der Waals surface area contributed by atoms with E-state index in [4.69, 9.17) is 0 Å². The summed E-state index contributed by atoms with van der Waals surface area (Å²) in [5, 5.41) is 3.09. The fraction of sp³-hybridized carbons (Fsp3) is 0.500. The molecule has 1 aliphatic carbocycles. The van der Waals surface area contributed by atoms with Crippen LogP contribution in [-0.4, -0.2) is 29.8 Å². The molecule has 1 saturated heterocycles. The highest BCUT2D eigenvalue weighted by Crippen LogP contribution is 2.45. The minimum Gasteiger partial charge on any atom is -0.350 e. The maximum Gasteiger partial charge on any atom is 0.226 e. The molecule has 2 fully saturated rings. The van der Waals surface area contributed by atoms with E-state index in [9.17, 15) is 9.59 Å². The molecule has 2 amide bonds. The summed E-state index contributed by atoms with van der Waals surface area (Å²) in [6.45, 7) is 1.99. The molecule has 2 aliphatic rings. The summed E-state index contributed by atoms with van der Waals surface area (Å²) in [5.74, 6) is 0.177. The largest absolute Gasteiger partial charge is 0.350 e. The first-order valence-corrected chi connectivity index (χ1v) is 7.13. The predicted octanol–water partition coefficient (Wildman–Crippen LogP) is 1.87. The Morgan fingerprint density at radius 2 is 1.95 bits per heavy atom. The zero-order chi connectivity index (χ0) is 14.3. The maximum absolute atomic E-state index is 12.2. The van der Waals surface area contributed by atoms with Crippen LogP contribution in [0.15, 0.2) is 30.3 Å². The van der Waals surface area contributed by atoms with Crippen LogP contribution in [0.25, 0.3) is 0 Å². The quantitative estimate of drug-likeness (QED) is 0.913. The molecule has 1 N–H and O–H groups in total. The van der Waals surface area contributed by atoms with E-state index in [1.54, 1.807) is 4.90 Å². The van der Waals surface area contributed by atoms with Gasteiger partial charge in [0.1, 0.15) is 0 Å². The molecule has 1 aliphatic heterocycles. The lowest BCUT2D eigenvalue weighted by molar-refractivity contribution is -0.127. The molecule has 0 radical (unpaired) electrons. The fourth-order valence-electron chi connectivity index (χ4n) is 2.86. The van der Waals surface area contributed by atoms with Gasteiger partial charge in [-0.05, 0) is 18.4 Å². The van der Waals surface area contributed by atoms with Crippen molar-refractivity contribution in [2.45, 2.75) is 38.3 Å². The van der Waals surface area contributed by atoms with Gasteiger partial charge in [-0.2, -0.15) is 0 Å². The van der Waals surface area contributed by atoms with Crippen molar-refractivity contribution in [3.05, 3.63) is 35.9 Å². The van der Waals surface area contributed by atoms with Crippen LogP contribution in [-0.2, 0) is 9.59 Å². The molecule has 1 aromatic carbocycles. The van der Waals surface area contributed by atoms with E-state index in [0.717, 1.165) is 18.4 Å². The van der Waals surface area contributed by atoms with Crippen LogP contribution in [0.1, 0.15) is 37.8 Å². The van der Waals surface area contributed by atoms with Crippen LogP contribution in [0.3, 0.4) is 0 Å². The van der Waals surface area contributed by atoms with Gasteiger partial charge in [0.2, 0.25) is 11.8 Å². The van der Waals surface area contributed by atoms with Crippen molar-refractivity contribution in [2.75, 3.05) is 7.05 Å². The summed E-state index contributed by atoms with van der Waals surface area (Å²) in [4.78, 5) is 26.0. The molecular formula is C16H20N2O2. The van der Waals surface area contributed by atoms with Gasteiger partial charge < -0.3 is 10.2 Å².